The number of aromatic nitrogens is 4. The number of hydrogen-bond donors (Lipinski definition) is 6. The molecule has 0 unspecified atom stereocenters. The first-order valence-corrected chi connectivity index (χ1v) is 6.31. The van der Waals surface area contributed by atoms with Crippen LogP contribution in [0.25, 0.3) is 11.2 Å². The Morgan fingerprint density at radius 2 is 2.04 bits per heavy atom. The van der Waals surface area contributed by atoms with Crippen LogP contribution in [0.15, 0.2) is 6.33 Å². The van der Waals surface area contributed by atoms with Gasteiger partial charge in [0.05, 0.1) is 19.3 Å². The summed E-state index contributed by atoms with van der Waals surface area (Å²) in [6, 6.07) is -1.52. The molecule has 0 saturated heterocycles. The van der Waals surface area contributed by atoms with Gasteiger partial charge >= 0.3 is 11.9 Å². The van der Waals surface area contributed by atoms with Crippen LogP contribution in [0.2, 0.25) is 0 Å². The van der Waals surface area contributed by atoms with E-state index < -0.39 is 30.3 Å². The molecule has 122 valence electrons. The molecule has 0 aliphatic heterocycles. The molecule has 12 nitrogen and oxygen atoms in total. The van der Waals surface area contributed by atoms with Gasteiger partial charge in [-0.2, -0.15) is 9.97 Å². The number of H-pyrrole nitrogens is 1. The second-order valence-electron chi connectivity index (χ2n) is 4.44. The molecule has 7 N–H and O–H groups in total. The summed E-state index contributed by atoms with van der Waals surface area (Å²) in [4.78, 5) is 47.6. The molecular weight excluding hydrogens is 310 g/mol. The average molecular weight is 323 g/mol. The Morgan fingerprint density at radius 1 is 1.30 bits per heavy atom. The monoisotopic (exact) mass is 323 g/mol. The molecule has 0 aliphatic rings. The van der Waals surface area contributed by atoms with Crippen LogP contribution in [-0.4, -0.2) is 60.6 Å². The number of amides is 1. The van der Waals surface area contributed by atoms with E-state index in [9.17, 15) is 14.4 Å². The van der Waals surface area contributed by atoms with Gasteiger partial charge in [0, 0.05) is 0 Å². The van der Waals surface area contributed by atoms with Crippen LogP contribution in [0.4, 0.5) is 11.8 Å². The number of carbonyl (C=O) groups is 3. The van der Waals surface area contributed by atoms with E-state index in [1.54, 1.807) is 0 Å². The van der Waals surface area contributed by atoms with Crippen molar-refractivity contribution in [3.8, 4) is 0 Å². The van der Waals surface area contributed by atoms with Gasteiger partial charge in [-0.05, 0) is 0 Å². The number of nitrogens with zero attached hydrogens (tertiary/aromatic N) is 3. The highest BCUT2D eigenvalue weighted by atomic mass is 16.4. The molecule has 0 fully saturated rings. The number of carbonyl (C=O) groups excluding carboxylic acids is 1. The van der Waals surface area contributed by atoms with E-state index in [0.29, 0.717) is 11.2 Å². The summed E-state index contributed by atoms with van der Waals surface area (Å²) in [7, 11) is 0. The minimum Gasteiger partial charge on any atom is -0.481 e. The predicted octanol–water partition coefficient (Wildman–Crippen LogP) is -1.61. The van der Waals surface area contributed by atoms with Crippen molar-refractivity contribution in [1.29, 1.82) is 0 Å². The van der Waals surface area contributed by atoms with E-state index in [4.69, 9.17) is 15.9 Å². The van der Waals surface area contributed by atoms with Crippen molar-refractivity contribution >= 4 is 40.8 Å². The number of imidazole rings is 1. The fourth-order valence-corrected chi connectivity index (χ4v) is 1.76. The van der Waals surface area contributed by atoms with Gasteiger partial charge < -0.3 is 31.6 Å². The number of nitrogens with two attached hydrogens (primary N) is 1. The quantitative estimate of drug-likeness (QED) is 0.345. The SMILES string of the molecule is Nc1nc(NCC(=O)N[C@@H](CC(=O)O)C(=O)O)c2[nH]cnc2n1. The molecule has 0 radical (unpaired) electrons. The van der Waals surface area contributed by atoms with Crippen LogP contribution in [0.5, 0.6) is 0 Å². The fourth-order valence-electron chi connectivity index (χ4n) is 1.76. The number of aliphatic carboxylic acids is 2. The number of rotatable bonds is 7. The highest BCUT2D eigenvalue weighted by molar-refractivity contribution is 5.90. The first kappa shape index (κ1) is 15.9. The van der Waals surface area contributed by atoms with Crippen molar-refractivity contribution in [3.63, 3.8) is 0 Å². The van der Waals surface area contributed by atoms with E-state index in [-0.39, 0.29) is 18.3 Å². The van der Waals surface area contributed by atoms with Crippen LogP contribution >= 0.6 is 0 Å². The lowest BCUT2D eigenvalue weighted by atomic mass is 10.2. The van der Waals surface area contributed by atoms with E-state index in [1.807, 2.05) is 0 Å². The van der Waals surface area contributed by atoms with Gasteiger partial charge in [-0.25, -0.2) is 9.78 Å². The number of hydrogen-bond acceptors (Lipinski definition) is 8. The fraction of sp³-hybridized carbons (Fsp3) is 0.273. The molecule has 0 aliphatic carbocycles. The van der Waals surface area contributed by atoms with Gasteiger partial charge in [-0.15, -0.1) is 0 Å². The Hall–Kier alpha value is -3.44. The molecule has 12 heteroatoms. The number of carboxylic acid groups (broad SMARTS) is 2. The molecule has 0 bridgehead atoms. The molecule has 23 heavy (non-hydrogen) atoms. The van der Waals surface area contributed by atoms with Crippen molar-refractivity contribution in [2.45, 2.75) is 12.5 Å². The van der Waals surface area contributed by atoms with Crippen molar-refractivity contribution in [1.82, 2.24) is 25.3 Å². The third kappa shape index (κ3) is 4.03. The normalized spacial score (nSPS) is 11.8. The Bertz CT molecular complexity index is 758. The Balaban J connectivity index is 2.01. The third-order valence-electron chi connectivity index (χ3n) is 2.73. The minimum absolute atomic E-state index is 0.0539. The molecule has 0 spiro atoms. The highest BCUT2D eigenvalue weighted by Gasteiger charge is 2.23. The maximum absolute atomic E-state index is 11.7. The van der Waals surface area contributed by atoms with E-state index in [0.717, 1.165) is 0 Å². The molecule has 0 saturated carbocycles. The summed E-state index contributed by atoms with van der Waals surface area (Å²) < 4.78 is 0. The Labute approximate surface area is 128 Å². The molecule has 2 aromatic rings. The van der Waals surface area contributed by atoms with Crippen LogP contribution in [0.3, 0.4) is 0 Å². The molecule has 2 heterocycles. The Kier molecular flexibility index (Phi) is 4.54. The number of carboxylic acids is 2. The first-order valence-electron chi connectivity index (χ1n) is 6.31. The molecule has 2 rings (SSSR count). The topological polar surface area (TPSA) is 196 Å². The lowest BCUT2D eigenvalue weighted by molar-refractivity contribution is -0.147. The maximum atomic E-state index is 11.7. The van der Waals surface area contributed by atoms with Crippen LogP contribution < -0.4 is 16.4 Å². The van der Waals surface area contributed by atoms with E-state index >= 15 is 0 Å². The van der Waals surface area contributed by atoms with Gasteiger partial charge in [-0.1, -0.05) is 0 Å². The summed E-state index contributed by atoms with van der Waals surface area (Å²) >= 11 is 0. The molecule has 0 aromatic carbocycles. The number of aromatic amines is 1. The van der Waals surface area contributed by atoms with Crippen molar-refractivity contribution in [3.05, 3.63) is 6.33 Å². The lowest BCUT2D eigenvalue weighted by Crippen LogP contribution is -2.44. The average Bonchev–Trinajstić information content (AvgIpc) is 2.91. The van der Waals surface area contributed by atoms with Crippen LogP contribution in [0.1, 0.15) is 6.42 Å². The van der Waals surface area contributed by atoms with E-state index in [1.165, 1.54) is 6.33 Å². The van der Waals surface area contributed by atoms with Gasteiger partial charge in [0.2, 0.25) is 11.9 Å². The second kappa shape index (κ2) is 6.55. The summed E-state index contributed by atoms with van der Waals surface area (Å²) in [6.45, 7) is -0.339. The van der Waals surface area contributed by atoms with Crippen LogP contribution in [-0.2, 0) is 14.4 Å². The van der Waals surface area contributed by atoms with Crippen molar-refractivity contribution < 1.29 is 24.6 Å². The molecule has 1 atom stereocenters. The summed E-state index contributed by atoms with van der Waals surface area (Å²) in [5, 5.41) is 22.2. The van der Waals surface area contributed by atoms with Gasteiger partial charge in [0.15, 0.2) is 11.5 Å². The molecular formula is C11H13N7O5. The number of nitrogens with one attached hydrogen (secondary N) is 3. The number of anilines is 2. The van der Waals surface area contributed by atoms with Crippen LogP contribution in [0, 0.1) is 0 Å². The number of fused-ring (bicyclic) bond motifs is 1. The predicted molar refractivity (Wildman–Crippen MR) is 76.4 cm³/mol. The summed E-state index contributed by atoms with van der Waals surface area (Å²) in [6.07, 6.45) is 0.643. The van der Waals surface area contributed by atoms with Gasteiger partial charge in [0.25, 0.3) is 0 Å². The smallest absolute Gasteiger partial charge is 0.326 e. The lowest BCUT2D eigenvalue weighted by Gasteiger charge is -2.13. The third-order valence-corrected chi connectivity index (χ3v) is 2.73. The standard InChI is InChI=1S/C11H13N7O5/c12-11-17-8(7-9(18-11)15-3-14-7)13-2-5(19)16-4(10(22)23)1-6(20)21/h3-4H,1-2H2,(H,16,19)(H,20,21)(H,22,23)(H4,12,13,14,15,17,18)/t4-/m0/s1. The zero-order chi connectivity index (χ0) is 17.0. The minimum atomic E-state index is -1.52. The van der Waals surface area contributed by atoms with Gasteiger partial charge in [0.1, 0.15) is 11.6 Å². The maximum Gasteiger partial charge on any atom is 0.326 e. The highest BCUT2D eigenvalue weighted by Crippen LogP contribution is 2.16. The zero-order valence-corrected chi connectivity index (χ0v) is 11.6. The van der Waals surface area contributed by atoms with Crippen molar-refractivity contribution in [2.24, 2.45) is 0 Å². The molecule has 1 amide bonds. The summed E-state index contributed by atoms with van der Waals surface area (Å²) in [5.41, 5.74) is 6.23. The largest absolute Gasteiger partial charge is 0.481 e. The Morgan fingerprint density at radius 3 is 2.70 bits per heavy atom. The molecule has 2 aromatic heterocycles. The van der Waals surface area contributed by atoms with Crippen molar-refractivity contribution in [2.75, 3.05) is 17.6 Å². The van der Waals surface area contributed by atoms with E-state index in [2.05, 4.69) is 30.6 Å². The zero-order valence-electron chi connectivity index (χ0n) is 11.6. The number of nitrogen functional groups attached to an aromatic ring is 1. The van der Waals surface area contributed by atoms with Gasteiger partial charge in [-0.3, -0.25) is 9.59 Å². The summed E-state index contributed by atoms with van der Waals surface area (Å²) in [5.74, 6) is -3.34. The second-order valence-corrected chi connectivity index (χ2v) is 4.44. The first-order chi connectivity index (χ1) is 10.9.